The number of nitriles is 1. The molecule has 0 bridgehead atoms. The molecule has 2 rings (SSSR count). The Morgan fingerprint density at radius 3 is 2.56 bits per heavy atom. The van der Waals surface area contributed by atoms with Gasteiger partial charge in [0.05, 0.1) is 15.7 Å². The molecule has 2 aromatic carbocycles. The van der Waals surface area contributed by atoms with Crippen molar-refractivity contribution in [3.63, 3.8) is 0 Å². The van der Waals surface area contributed by atoms with Gasteiger partial charge in [0.1, 0.15) is 23.1 Å². The summed E-state index contributed by atoms with van der Waals surface area (Å²) >= 11 is 11.8. The molecule has 2 N–H and O–H groups in total. The number of rotatable bonds is 2. The van der Waals surface area contributed by atoms with Gasteiger partial charge in [-0.3, -0.25) is 0 Å². The molecule has 3 nitrogen and oxygen atoms in total. The Morgan fingerprint density at radius 2 is 1.89 bits per heavy atom. The summed E-state index contributed by atoms with van der Waals surface area (Å²) in [6.45, 7) is 0. The fourth-order valence-electron chi connectivity index (χ4n) is 1.40. The number of ether oxygens (including phenoxy) is 1. The van der Waals surface area contributed by atoms with Crippen LogP contribution in [0.1, 0.15) is 5.56 Å². The van der Waals surface area contributed by atoms with E-state index in [-0.39, 0.29) is 5.56 Å². The van der Waals surface area contributed by atoms with Crippen LogP contribution >= 0.6 is 23.2 Å². The average Bonchev–Trinajstić information content (AvgIpc) is 2.34. The molecule has 0 heterocycles. The van der Waals surface area contributed by atoms with Crippen LogP contribution in [-0.2, 0) is 0 Å². The highest BCUT2D eigenvalue weighted by molar-refractivity contribution is 6.33. The first-order valence-electron chi connectivity index (χ1n) is 5.03. The van der Waals surface area contributed by atoms with Gasteiger partial charge in [-0.15, -0.1) is 0 Å². The largest absolute Gasteiger partial charge is 0.456 e. The Kier molecular flexibility index (Phi) is 3.61. The molecule has 90 valence electrons. The van der Waals surface area contributed by atoms with Crippen LogP contribution in [0.5, 0.6) is 11.5 Å². The Labute approximate surface area is 114 Å². The summed E-state index contributed by atoms with van der Waals surface area (Å²) in [5.41, 5.74) is 6.35. The number of halogens is 2. The zero-order valence-electron chi connectivity index (χ0n) is 9.15. The second-order valence-corrected chi connectivity index (χ2v) is 4.32. The van der Waals surface area contributed by atoms with E-state index < -0.39 is 0 Å². The van der Waals surface area contributed by atoms with E-state index in [4.69, 9.17) is 38.9 Å². The monoisotopic (exact) mass is 278 g/mol. The third-order valence-electron chi connectivity index (χ3n) is 2.29. The van der Waals surface area contributed by atoms with Crippen molar-refractivity contribution < 1.29 is 4.74 Å². The van der Waals surface area contributed by atoms with Crippen LogP contribution in [-0.4, -0.2) is 0 Å². The smallest absolute Gasteiger partial charge is 0.146 e. The fourth-order valence-corrected chi connectivity index (χ4v) is 1.77. The molecule has 0 aliphatic heterocycles. The van der Waals surface area contributed by atoms with Gasteiger partial charge in [-0.2, -0.15) is 5.26 Å². The predicted octanol–water partition coefficient (Wildman–Crippen LogP) is 4.24. The van der Waals surface area contributed by atoms with Crippen molar-refractivity contribution in [3.8, 4) is 17.6 Å². The lowest BCUT2D eigenvalue weighted by molar-refractivity contribution is 0.481. The second kappa shape index (κ2) is 5.18. The van der Waals surface area contributed by atoms with Gasteiger partial charge in [0.15, 0.2) is 0 Å². The van der Waals surface area contributed by atoms with Gasteiger partial charge in [0, 0.05) is 6.07 Å². The van der Waals surface area contributed by atoms with Crippen molar-refractivity contribution >= 4 is 28.9 Å². The molecule has 0 radical (unpaired) electrons. The van der Waals surface area contributed by atoms with Crippen molar-refractivity contribution in [1.82, 2.24) is 0 Å². The lowest BCUT2D eigenvalue weighted by Gasteiger charge is -2.09. The van der Waals surface area contributed by atoms with Gasteiger partial charge in [0.2, 0.25) is 0 Å². The van der Waals surface area contributed by atoms with E-state index in [1.165, 1.54) is 0 Å². The van der Waals surface area contributed by atoms with Crippen LogP contribution in [0.2, 0.25) is 10.0 Å². The number of benzene rings is 2. The van der Waals surface area contributed by atoms with Gasteiger partial charge >= 0.3 is 0 Å². The lowest BCUT2D eigenvalue weighted by Crippen LogP contribution is -1.91. The van der Waals surface area contributed by atoms with Crippen molar-refractivity contribution in [2.24, 2.45) is 0 Å². The number of nitrogens with zero attached hydrogens (tertiary/aromatic N) is 1. The van der Waals surface area contributed by atoms with Crippen molar-refractivity contribution in [3.05, 3.63) is 52.0 Å². The van der Waals surface area contributed by atoms with E-state index in [1.54, 1.807) is 36.4 Å². The maximum absolute atomic E-state index is 9.02. The average molecular weight is 279 g/mol. The highest BCUT2D eigenvalue weighted by Gasteiger charge is 2.09. The summed E-state index contributed by atoms with van der Waals surface area (Å²) in [5, 5.41) is 9.76. The summed E-state index contributed by atoms with van der Waals surface area (Å²) in [7, 11) is 0. The molecule has 0 saturated heterocycles. The van der Waals surface area contributed by atoms with Crippen molar-refractivity contribution in [1.29, 1.82) is 5.26 Å². The van der Waals surface area contributed by atoms with Gasteiger partial charge in [-0.1, -0.05) is 29.3 Å². The highest BCUT2D eigenvalue weighted by Crippen LogP contribution is 2.32. The van der Waals surface area contributed by atoms with E-state index in [0.29, 0.717) is 27.2 Å². The Hall–Kier alpha value is -1.89. The zero-order chi connectivity index (χ0) is 13.1. The maximum atomic E-state index is 9.02. The number of nitrogen functional groups attached to an aromatic ring is 1. The molecule has 0 spiro atoms. The third-order valence-corrected chi connectivity index (χ3v) is 2.93. The molecule has 2 aromatic rings. The molecule has 0 fully saturated rings. The Morgan fingerprint density at radius 1 is 1.11 bits per heavy atom. The molecule has 0 saturated carbocycles. The molecule has 0 atom stereocenters. The van der Waals surface area contributed by atoms with E-state index in [1.807, 2.05) is 6.07 Å². The first-order valence-corrected chi connectivity index (χ1v) is 5.79. The Bertz CT molecular complexity index is 635. The normalized spacial score (nSPS) is 9.83. The SMILES string of the molecule is N#Cc1c(Cl)cccc1Oc1ccc(N)c(Cl)c1. The van der Waals surface area contributed by atoms with Gasteiger partial charge < -0.3 is 10.5 Å². The third kappa shape index (κ3) is 2.51. The number of hydrogen-bond donors (Lipinski definition) is 1. The minimum Gasteiger partial charge on any atom is -0.456 e. The molecule has 5 heteroatoms. The molecule has 0 aromatic heterocycles. The summed E-state index contributed by atoms with van der Waals surface area (Å²) in [5.74, 6) is 0.874. The van der Waals surface area contributed by atoms with Gasteiger partial charge in [-0.05, 0) is 24.3 Å². The van der Waals surface area contributed by atoms with E-state index in [2.05, 4.69) is 0 Å². The number of hydrogen-bond acceptors (Lipinski definition) is 3. The van der Waals surface area contributed by atoms with Crippen LogP contribution < -0.4 is 10.5 Å². The Balaban J connectivity index is 2.37. The quantitative estimate of drug-likeness (QED) is 0.836. The van der Waals surface area contributed by atoms with E-state index in [0.717, 1.165) is 0 Å². The van der Waals surface area contributed by atoms with Gasteiger partial charge in [-0.25, -0.2) is 0 Å². The molecule has 0 amide bonds. The molecular weight excluding hydrogens is 271 g/mol. The van der Waals surface area contributed by atoms with Crippen LogP contribution in [0.25, 0.3) is 0 Å². The second-order valence-electron chi connectivity index (χ2n) is 3.51. The minimum atomic E-state index is 0.284. The lowest BCUT2D eigenvalue weighted by atomic mass is 10.2. The summed E-state index contributed by atoms with van der Waals surface area (Å²) in [6.07, 6.45) is 0. The summed E-state index contributed by atoms with van der Waals surface area (Å²) < 4.78 is 5.57. The molecular formula is C13H8Cl2N2O. The fraction of sp³-hybridized carbons (Fsp3) is 0. The number of nitrogens with two attached hydrogens (primary N) is 1. The summed E-state index contributed by atoms with van der Waals surface area (Å²) in [6, 6.07) is 11.9. The van der Waals surface area contributed by atoms with Crippen LogP contribution in [0.15, 0.2) is 36.4 Å². The molecule has 18 heavy (non-hydrogen) atoms. The molecule has 0 aliphatic carbocycles. The summed E-state index contributed by atoms with van der Waals surface area (Å²) in [4.78, 5) is 0. The standard InChI is InChI=1S/C13H8Cl2N2O/c14-10-2-1-3-13(9(10)7-16)18-8-4-5-12(17)11(15)6-8/h1-6H,17H2. The van der Waals surface area contributed by atoms with Gasteiger partial charge in [0.25, 0.3) is 0 Å². The first kappa shape index (κ1) is 12.6. The van der Waals surface area contributed by atoms with E-state index >= 15 is 0 Å². The van der Waals surface area contributed by atoms with E-state index in [9.17, 15) is 0 Å². The predicted molar refractivity (Wildman–Crippen MR) is 72.1 cm³/mol. The van der Waals surface area contributed by atoms with Crippen molar-refractivity contribution in [2.75, 3.05) is 5.73 Å². The molecule has 0 aliphatic rings. The maximum Gasteiger partial charge on any atom is 0.146 e. The first-order chi connectivity index (χ1) is 8.61. The highest BCUT2D eigenvalue weighted by atomic mass is 35.5. The topological polar surface area (TPSA) is 59.0 Å². The molecule has 0 unspecified atom stereocenters. The zero-order valence-corrected chi connectivity index (χ0v) is 10.7. The minimum absolute atomic E-state index is 0.284. The number of anilines is 1. The van der Waals surface area contributed by atoms with Crippen LogP contribution in [0.4, 0.5) is 5.69 Å². The van der Waals surface area contributed by atoms with Crippen molar-refractivity contribution in [2.45, 2.75) is 0 Å². The van der Waals surface area contributed by atoms with Crippen LogP contribution in [0, 0.1) is 11.3 Å². The van der Waals surface area contributed by atoms with Crippen LogP contribution in [0.3, 0.4) is 0 Å².